The lowest BCUT2D eigenvalue weighted by Gasteiger charge is -2.11. The van der Waals surface area contributed by atoms with Gasteiger partial charge in [-0.15, -0.1) is 0 Å². The summed E-state index contributed by atoms with van der Waals surface area (Å²) in [5.74, 6) is -0.331. The average molecular weight is 195 g/mol. The number of aliphatic carboxylic acids is 1. The van der Waals surface area contributed by atoms with Gasteiger partial charge in [-0.3, -0.25) is 4.79 Å². The first-order chi connectivity index (χ1) is 6.56. The van der Waals surface area contributed by atoms with Gasteiger partial charge in [-0.2, -0.15) is 0 Å². The fourth-order valence-electron chi connectivity index (χ4n) is 1.26. The number of rotatable bonds is 3. The molecule has 0 fully saturated rings. The van der Waals surface area contributed by atoms with Crippen LogP contribution in [0, 0.1) is 6.92 Å². The smallest absolute Gasteiger partial charge is 0.325 e. The van der Waals surface area contributed by atoms with Gasteiger partial charge in [0.25, 0.3) is 0 Å². The molecule has 76 valence electrons. The van der Waals surface area contributed by atoms with Crippen molar-refractivity contribution in [2.24, 2.45) is 5.73 Å². The summed E-state index contributed by atoms with van der Waals surface area (Å²) in [6.45, 7) is 1.81. The van der Waals surface area contributed by atoms with Crippen LogP contribution < -0.4 is 10.5 Å². The molecule has 14 heavy (non-hydrogen) atoms. The Balaban J connectivity index is 3.05. The Bertz CT molecular complexity index is 349. The summed E-state index contributed by atoms with van der Waals surface area (Å²) in [6, 6.07) is 4.16. The molecular formula is C10H13NO3. The molecule has 0 heterocycles. The standard InChI is InChI=1S/C10H13NO3/c1-6-5-7(14-2)3-4-8(6)9(11)10(12)13/h3-5,9H,11H2,1-2H3,(H,12,13)/t9-/m0/s1. The van der Waals surface area contributed by atoms with Crippen molar-refractivity contribution >= 4 is 5.97 Å². The van der Waals surface area contributed by atoms with Crippen LogP contribution in [0.4, 0.5) is 0 Å². The van der Waals surface area contributed by atoms with Gasteiger partial charge in [-0.05, 0) is 30.2 Å². The fraction of sp³-hybridized carbons (Fsp3) is 0.300. The molecule has 4 heteroatoms. The Kier molecular flexibility index (Phi) is 3.09. The molecule has 1 atom stereocenters. The first kappa shape index (κ1) is 10.5. The van der Waals surface area contributed by atoms with Crippen LogP contribution in [0.1, 0.15) is 17.2 Å². The summed E-state index contributed by atoms with van der Waals surface area (Å²) >= 11 is 0. The second-order valence-corrected chi connectivity index (χ2v) is 3.04. The molecule has 0 aliphatic carbocycles. The number of methoxy groups -OCH3 is 1. The van der Waals surface area contributed by atoms with Crippen molar-refractivity contribution < 1.29 is 14.6 Å². The van der Waals surface area contributed by atoms with Gasteiger partial charge in [0, 0.05) is 0 Å². The molecule has 0 saturated carbocycles. The molecule has 0 saturated heterocycles. The summed E-state index contributed by atoms with van der Waals surface area (Å²) < 4.78 is 5.00. The van der Waals surface area contributed by atoms with E-state index in [9.17, 15) is 4.79 Å². The van der Waals surface area contributed by atoms with Crippen LogP contribution in [-0.4, -0.2) is 18.2 Å². The number of ether oxygens (including phenoxy) is 1. The van der Waals surface area contributed by atoms with E-state index < -0.39 is 12.0 Å². The minimum atomic E-state index is -1.03. The maximum atomic E-state index is 10.7. The van der Waals surface area contributed by atoms with Gasteiger partial charge in [-0.25, -0.2) is 0 Å². The van der Waals surface area contributed by atoms with Gasteiger partial charge in [0.2, 0.25) is 0 Å². The Labute approximate surface area is 82.3 Å². The van der Waals surface area contributed by atoms with E-state index in [-0.39, 0.29) is 0 Å². The Morgan fingerprint density at radius 3 is 2.64 bits per heavy atom. The number of aryl methyl sites for hydroxylation is 1. The lowest BCUT2D eigenvalue weighted by Crippen LogP contribution is -2.21. The monoisotopic (exact) mass is 195 g/mol. The third kappa shape index (κ3) is 2.03. The van der Waals surface area contributed by atoms with Crippen LogP contribution in [-0.2, 0) is 4.79 Å². The van der Waals surface area contributed by atoms with Crippen LogP contribution in [0.3, 0.4) is 0 Å². The van der Waals surface area contributed by atoms with Crippen molar-refractivity contribution in [3.8, 4) is 5.75 Å². The van der Waals surface area contributed by atoms with Gasteiger partial charge in [0.05, 0.1) is 7.11 Å². The van der Waals surface area contributed by atoms with Gasteiger partial charge in [-0.1, -0.05) is 6.07 Å². The minimum Gasteiger partial charge on any atom is -0.497 e. The predicted octanol–water partition coefficient (Wildman–Crippen LogP) is 1.09. The van der Waals surface area contributed by atoms with Crippen molar-refractivity contribution in [1.82, 2.24) is 0 Å². The second kappa shape index (κ2) is 4.11. The first-order valence-electron chi connectivity index (χ1n) is 4.19. The highest BCUT2D eigenvalue weighted by Gasteiger charge is 2.16. The average Bonchev–Trinajstić information content (AvgIpc) is 2.16. The van der Waals surface area contributed by atoms with Gasteiger partial charge >= 0.3 is 5.97 Å². The van der Waals surface area contributed by atoms with Crippen molar-refractivity contribution in [3.63, 3.8) is 0 Å². The molecular weight excluding hydrogens is 182 g/mol. The number of nitrogens with two attached hydrogens (primary N) is 1. The third-order valence-electron chi connectivity index (χ3n) is 2.08. The van der Waals surface area contributed by atoms with E-state index in [1.807, 2.05) is 0 Å². The highest BCUT2D eigenvalue weighted by molar-refractivity contribution is 5.75. The van der Waals surface area contributed by atoms with Crippen molar-refractivity contribution in [2.75, 3.05) is 7.11 Å². The van der Waals surface area contributed by atoms with Crippen LogP contribution >= 0.6 is 0 Å². The van der Waals surface area contributed by atoms with E-state index in [4.69, 9.17) is 15.6 Å². The number of carbonyl (C=O) groups is 1. The van der Waals surface area contributed by atoms with Crippen molar-refractivity contribution in [2.45, 2.75) is 13.0 Å². The zero-order chi connectivity index (χ0) is 10.7. The zero-order valence-corrected chi connectivity index (χ0v) is 8.15. The minimum absolute atomic E-state index is 0.610. The molecule has 0 radical (unpaired) electrons. The molecule has 1 rings (SSSR count). The lowest BCUT2D eigenvalue weighted by atomic mass is 10.0. The molecule has 0 amide bonds. The first-order valence-corrected chi connectivity index (χ1v) is 4.19. The molecule has 0 aromatic heterocycles. The maximum absolute atomic E-state index is 10.7. The molecule has 3 N–H and O–H groups in total. The summed E-state index contributed by atoms with van der Waals surface area (Å²) in [5, 5.41) is 8.73. The molecule has 0 spiro atoms. The molecule has 0 aliphatic rings. The zero-order valence-electron chi connectivity index (χ0n) is 8.15. The lowest BCUT2D eigenvalue weighted by molar-refractivity contribution is -0.138. The number of hydrogen-bond acceptors (Lipinski definition) is 3. The van der Waals surface area contributed by atoms with Crippen molar-refractivity contribution in [3.05, 3.63) is 29.3 Å². The molecule has 0 bridgehead atoms. The quantitative estimate of drug-likeness (QED) is 0.757. The molecule has 4 nitrogen and oxygen atoms in total. The summed E-state index contributed by atoms with van der Waals surface area (Å²) in [5.41, 5.74) is 6.92. The topological polar surface area (TPSA) is 72.5 Å². The summed E-state index contributed by atoms with van der Waals surface area (Å²) in [6.07, 6.45) is 0. The van der Waals surface area contributed by atoms with Crippen LogP contribution in [0.5, 0.6) is 5.75 Å². The van der Waals surface area contributed by atoms with E-state index in [0.29, 0.717) is 11.3 Å². The van der Waals surface area contributed by atoms with Gasteiger partial charge in [0.15, 0.2) is 0 Å². The van der Waals surface area contributed by atoms with Crippen LogP contribution in [0.25, 0.3) is 0 Å². The third-order valence-corrected chi connectivity index (χ3v) is 2.08. The Morgan fingerprint density at radius 2 is 2.21 bits per heavy atom. The maximum Gasteiger partial charge on any atom is 0.325 e. The van der Waals surface area contributed by atoms with E-state index in [1.165, 1.54) is 0 Å². The van der Waals surface area contributed by atoms with E-state index in [0.717, 1.165) is 5.56 Å². The fourth-order valence-corrected chi connectivity index (χ4v) is 1.26. The van der Waals surface area contributed by atoms with Crippen LogP contribution in [0.2, 0.25) is 0 Å². The van der Waals surface area contributed by atoms with Gasteiger partial charge < -0.3 is 15.6 Å². The Morgan fingerprint density at radius 1 is 1.57 bits per heavy atom. The van der Waals surface area contributed by atoms with Crippen LogP contribution in [0.15, 0.2) is 18.2 Å². The van der Waals surface area contributed by atoms with E-state index in [2.05, 4.69) is 0 Å². The number of benzene rings is 1. The van der Waals surface area contributed by atoms with Crippen molar-refractivity contribution in [1.29, 1.82) is 0 Å². The SMILES string of the molecule is COc1ccc([C@H](N)C(=O)O)c(C)c1. The molecule has 0 aliphatic heterocycles. The predicted molar refractivity (Wildman–Crippen MR) is 52.3 cm³/mol. The number of hydrogen-bond donors (Lipinski definition) is 2. The van der Waals surface area contributed by atoms with E-state index >= 15 is 0 Å². The summed E-state index contributed by atoms with van der Waals surface area (Å²) in [4.78, 5) is 10.7. The largest absolute Gasteiger partial charge is 0.497 e. The normalized spacial score (nSPS) is 12.2. The molecule has 0 unspecified atom stereocenters. The summed E-state index contributed by atoms with van der Waals surface area (Å²) in [7, 11) is 1.56. The highest BCUT2D eigenvalue weighted by atomic mass is 16.5. The number of carboxylic acids is 1. The molecule has 1 aromatic carbocycles. The number of carboxylic acid groups (broad SMARTS) is 1. The molecule has 1 aromatic rings. The van der Waals surface area contributed by atoms with E-state index in [1.54, 1.807) is 32.2 Å². The second-order valence-electron chi connectivity index (χ2n) is 3.04. The highest BCUT2D eigenvalue weighted by Crippen LogP contribution is 2.21. The van der Waals surface area contributed by atoms with Gasteiger partial charge in [0.1, 0.15) is 11.8 Å². The Hall–Kier alpha value is -1.55.